The number of rotatable bonds is 8. The molecule has 1 heterocycles. The number of epoxide rings is 1. The summed E-state index contributed by atoms with van der Waals surface area (Å²) < 4.78 is 5.47. The molecule has 124 valence electrons. The van der Waals surface area contributed by atoms with Gasteiger partial charge in [0.25, 0.3) is 5.79 Å². The average Bonchev–Trinajstić information content (AvgIpc) is 3.08. The molecule has 0 aliphatic carbocycles. The van der Waals surface area contributed by atoms with Crippen LogP contribution in [0.15, 0.2) is 46.3 Å². The first-order chi connectivity index (χ1) is 10.2. The second kappa shape index (κ2) is 8.38. The topological polar surface area (TPSA) is 32.8 Å². The fraction of sp³-hybridized carbons (Fsp3) is 0.600. The van der Waals surface area contributed by atoms with Crippen molar-refractivity contribution in [3.8, 4) is 0 Å². The summed E-state index contributed by atoms with van der Waals surface area (Å²) in [7, 11) is 0. The van der Waals surface area contributed by atoms with E-state index in [1.165, 1.54) is 16.7 Å². The zero-order valence-corrected chi connectivity index (χ0v) is 15.1. The van der Waals surface area contributed by atoms with E-state index >= 15 is 0 Å². The molecule has 2 nitrogen and oxygen atoms in total. The first kappa shape index (κ1) is 18.8. The fourth-order valence-corrected chi connectivity index (χ4v) is 2.39. The van der Waals surface area contributed by atoms with Crippen LogP contribution in [0.3, 0.4) is 0 Å². The molecule has 1 saturated heterocycles. The molecule has 0 spiro atoms. The van der Waals surface area contributed by atoms with E-state index in [-0.39, 0.29) is 0 Å². The Kier molecular flexibility index (Phi) is 7.15. The minimum Gasteiger partial charge on any atom is -0.452 e. The maximum absolute atomic E-state index is 10.4. The van der Waals surface area contributed by atoms with Gasteiger partial charge in [-0.2, -0.15) is 0 Å². The van der Waals surface area contributed by atoms with Gasteiger partial charge < -0.3 is 9.84 Å². The highest BCUT2D eigenvalue weighted by atomic mass is 16.7. The van der Waals surface area contributed by atoms with Gasteiger partial charge >= 0.3 is 0 Å². The summed E-state index contributed by atoms with van der Waals surface area (Å²) in [5.74, 6) is -0.254. The van der Waals surface area contributed by atoms with Crippen LogP contribution in [-0.4, -0.2) is 10.9 Å². The van der Waals surface area contributed by atoms with Crippen LogP contribution in [0.1, 0.15) is 73.6 Å². The van der Waals surface area contributed by atoms with Crippen molar-refractivity contribution in [2.24, 2.45) is 0 Å². The molecule has 2 heteroatoms. The highest BCUT2D eigenvalue weighted by Gasteiger charge is 2.51. The van der Waals surface area contributed by atoms with E-state index in [1.807, 2.05) is 0 Å². The molecule has 0 aromatic carbocycles. The van der Waals surface area contributed by atoms with Gasteiger partial charge in [-0.15, -0.1) is 0 Å². The third-order valence-electron chi connectivity index (χ3n) is 3.86. The lowest BCUT2D eigenvalue weighted by Crippen LogP contribution is -2.07. The van der Waals surface area contributed by atoms with Crippen LogP contribution in [0.5, 0.6) is 0 Å². The van der Waals surface area contributed by atoms with Crippen molar-refractivity contribution in [1.82, 2.24) is 0 Å². The predicted octanol–water partition coefficient (Wildman–Crippen LogP) is 5.81. The Hall–Kier alpha value is -1.28. The van der Waals surface area contributed by atoms with E-state index in [9.17, 15) is 5.11 Å². The predicted molar refractivity (Wildman–Crippen MR) is 94.4 cm³/mol. The molecule has 0 bridgehead atoms. The number of hydrogen-bond acceptors (Lipinski definition) is 2. The second-order valence-electron chi connectivity index (χ2n) is 6.89. The first-order valence-electron chi connectivity index (χ1n) is 8.28. The Morgan fingerprint density at radius 3 is 2.00 bits per heavy atom. The molecule has 0 amide bonds. The largest absolute Gasteiger partial charge is 0.452 e. The zero-order chi connectivity index (χ0) is 16.8. The van der Waals surface area contributed by atoms with Crippen LogP contribution < -0.4 is 0 Å². The molecule has 1 aliphatic heterocycles. The van der Waals surface area contributed by atoms with E-state index in [4.69, 9.17) is 4.74 Å². The molecule has 0 aromatic heterocycles. The molecular weight excluding hydrogens is 272 g/mol. The minimum atomic E-state index is -1.03. The summed E-state index contributed by atoms with van der Waals surface area (Å²) in [5, 5.41) is 10.4. The minimum absolute atomic E-state index is 0.559. The normalized spacial score (nSPS) is 22.8. The molecule has 1 aliphatic rings. The number of ether oxygens (including phenoxy) is 1. The lowest BCUT2D eigenvalue weighted by molar-refractivity contribution is 0.0395. The summed E-state index contributed by atoms with van der Waals surface area (Å²) in [5.41, 5.74) is 5.16. The Labute approximate surface area is 136 Å². The van der Waals surface area contributed by atoms with Gasteiger partial charge in [-0.05, 0) is 72.8 Å². The van der Waals surface area contributed by atoms with Crippen molar-refractivity contribution < 1.29 is 9.84 Å². The Balaban J connectivity index is 2.46. The van der Waals surface area contributed by atoms with Crippen molar-refractivity contribution in [3.05, 3.63) is 46.3 Å². The summed E-state index contributed by atoms with van der Waals surface area (Å²) in [4.78, 5) is 0. The van der Waals surface area contributed by atoms with Gasteiger partial charge in [-0.1, -0.05) is 34.9 Å². The van der Waals surface area contributed by atoms with Gasteiger partial charge in [-0.3, -0.25) is 0 Å². The maximum atomic E-state index is 10.4. The van der Waals surface area contributed by atoms with Crippen molar-refractivity contribution in [1.29, 1.82) is 0 Å². The van der Waals surface area contributed by atoms with E-state index in [1.54, 1.807) is 0 Å². The SMILES string of the molecule is CC(C)=CCC/C(C)=C1\OC1(O)C/C=C(\C)CCC=C(C)C. The van der Waals surface area contributed by atoms with Crippen molar-refractivity contribution >= 4 is 0 Å². The number of hydrogen-bond donors (Lipinski definition) is 1. The highest BCUT2D eigenvalue weighted by molar-refractivity contribution is 5.27. The Morgan fingerprint density at radius 1 is 0.909 bits per heavy atom. The fourth-order valence-electron chi connectivity index (χ4n) is 2.39. The van der Waals surface area contributed by atoms with Crippen LogP contribution in [0.25, 0.3) is 0 Å². The van der Waals surface area contributed by atoms with Crippen LogP contribution in [0, 0.1) is 0 Å². The standard InChI is InChI=1S/C20H32O2/c1-15(2)9-7-11-17(5)13-14-20(21)19(22-20)18(6)12-8-10-16(3)4/h9-10,13,21H,7-8,11-12,14H2,1-6H3/b17-13+,19-18-. The number of aliphatic hydroxyl groups is 1. The molecule has 0 aromatic rings. The van der Waals surface area contributed by atoms with Gasteiger partial charge in [-0.25, -0.2) is 0 Å². The Bertz CT molecular complexity index is 498. The molecule has 22 heavy (non-hydrogen) atoms. The molecule has 1 atom stereocenters. The molecule has 1 rings (SSSR count). The number of allylic oxidation sites excluding steroid dienone is 6. The monoisotopic (exact) mass is 304 g/mol. The second-order valence-corrected chi connectivity index (χ2v) is 6.89. The third-order valence-corrected chi connectivity index (χ3v) is 3.86. The lowest BCUT2D eigenvalue weighted by atomic mass is 10.0. The van der Waals surface area contributed by atoms with Crippen LogP contribution in [-0.2, 0) is 4.74 Å². The van der Waals surface area contributed by atoms with Crippen LogP contribution >= 0.6 is 0 Å². The summed E-state index contributed by atoms with van der Waals surface area (Å²) in [6.45, 7) is 12.6. The molecular formula is C20H32O2. The lowest BCUT2D eigenvalue weighted by Gasteiger charge is -2.01. The molecule has 0 saturated carbocycles. The zero-order valence-electron chi connectivity index (χ0n) is 15.1. The summed E-state index contributed by atoms with van der Waals surface area (Å²) in [6, 6.07) is 0. The van der Waals surface area contributed by atoms with Crippen LogP contribution in [0.2, 0.25) is 0 Å². The third kappa shape index (κ3) is 6.65. The quantitative estimate of drug-likeness (QED) is 0.453. The van der Waals surface area contributed by atoms with Crippen LogP contribution in [0.4, 0.5) is 0 Å². The molecule has 0 radical (unpaired) electrons. The van der Waals surface area contributed by atoms with Gasteiger partial charge in [0.15, 0.2) is 5.76 Å². The maximum Gasteiger partial charge on any atom is 0.270 e. The highest BCUT2D eigenvalue weighted by Crippen LogP contribution is 2.44. The summed E-state index contributed by atoms with van der Waals surface area (Å²) in [6.07, 6.45) is 11.2. The molecule has 1 N–H and O–H groups in total. The van der Waals surface area contributed by atoms with Crippen molar-refractivity contribution in [2.45, 2.75) is 79.4 Å². The first-order valence-corrected chi connectivity index (χ1v) is 8.28. The van der Waals surface area contributed by atoms with Crippen molar-refractivity contribution in [2.75, 3.05) is 0 Å². The van der Waals surface area contributed by atoms with E-state index < -0.39 is 5.79 Å². The van der Waals surface area contributed by atoms with Gasteiger partial charge in [0.05, 0.1) is 0 Å². The molecule has 1 unspecified atom stereocenters. The summed E-state index contributed by atoms with van der Waals surface area (Å²) >= 11 is 0. The Morgan fingerprint density at radius 2 is 1.45 bits per heavy atom. The molecule has 1 fully saturated rings. The van der Waals surface area contributed by atoms with E-state index in [0.717, 1.165) is 37.0 Å². The van der Waals surface area contributed by atoms with Crippen molar-refractivity contribution in [3.63, 3.8) is 0 Å². The average molecular weight is 304 g/mol. The smallest absolute Gasteiger partial charge is 0.270 e. The van der Waals surface area contributed by atoms with Gasteiger partial charge in [0, 0.05) is 6.42 Å². The van der Waals surface area contributed by atoms with E-state index in [0.29, 0.717) is 6.42 Å². The van der Waals surface area contributed by atoms with Gasteiger partial charge in [0.1, 0.15) is 0 Å². The van der Waals surface area contributed by atoms with E-state index in [2.05, 4.69) is 59.8 Å². The van der Waals surface area contributed by atoms with Gasteiger partial charge in [0.2, 0.25) is 0 Å².